The zero-order chi connectivity index (χ0) is 31.2. The molecule has 1 atom stereocenters. The minimum atomic E-state index is -0.394. The summed E-state index contributed by atoms with van der Waals surface area (Å²) in [6.45, 7) is 7.31. The van der Waals surface area contributed by atoms with Gasteiger partial charge in [-0.1, -0.05) is 84.5 Å². The predicted octanol–water partition coefficient (Wildman–Crippen LogP) is 11.3. The van der Waals surface area contributed by atoms with Crippen molar-refractivity contribution in [1.29, 1.82) is 0 Å². The highest BCUT2D eigenvalue weighted by Gasteiger charge is 2.09. The largest absolute Gasteiger partial charge is 0.494 e. The summed E-state index contributed by atoms with van der Waals surface area (Å²) < 4.78 is 17.5. The molecule has 0 N–H and O–H groups in total. The minimum absolute atomic E-state index is 0.210. The SMILES string of the molecule is CCCCCCCCCCCOc1ccc(C(=O)Oc2ccc(C=Nc3ccc(O[C@@H](C)CCCCCC)cc3)cc2)cc1. The molecule has 44 heavy (non-hydrogen) atoms. The maximum Gasteiger partial charge on any atom is 0.343 e. The third-order valence-electron chi connectivity index (χ3n) is 7.70. The summed E-state index contributed by atoms with van der Waals surface area (Å²) in [4.78, 5) is 17.2. The highest BCUT2D eigenvalue weighted by molar-refractivity contribution is 5.91. The van der Waals surface area contributed by atoms with Crippen molar-refractivity contribution in [2.24, 2.45) is 4.99 Å². The molecule has 0 saturated carbocycles. The van der Waals surface area contributed by atoms with Gasteiger partial charge >= 0.3 is 5.97 Å². The average molecular weight is 600 g/mol. The molecule has 3 aromatic rings. The topological polar surface area (TPSA) is 57.1 Å². The van der Waals surface area contributed by atoms with Crippen LogP contribution in [0, 0.1) is 0 Å². The molecular formula is C39H53NO4. The average Bonchev–Trinajstić information content (AvgIpc) is 3.04. The Morgan fingerprint density at radius 2 is 1.20 bits per heavy atom. The molecule has 0 spiro atoms. The standard InChI is InChI=1S/C39H53NO4/c1-4-6-8-10-11-12-13-14-16-30-42-36-26-20-34(21-27-36)39(41)44-38-24-18-33(19-25-38)31-40-35-22-28-37(29-23-35)43-32(3)17-15-9-7-5-2/h18-29,31-32H,4-17,30H2,1-3H3/t32-/m0/s1. The van der Waals surface area contributed by atoms with Gasteiger partial charge in [-0.2, -0.15) is 0 Å². The predicted molar refractivity (Wildman–Crippen MR) is 183 cm³/mol. The number of hydrogen-bond acceptors (Lipinski definition) is 5. The Balaban J connectivity index is 1.35. The molecule has 0 aliphatic carbocycles. The summed E-state index contributed by atoms with van der Waals surface area (Å²) >= 11 is 0. The number of carbonyl (C=O) groups is 1. The van der Waals surface area contributed by atoms with E-state index in [4.69, 9.17) is 14.2 Å². The molecule has 5 heteroatoms. The lowest BCUT2D eigenvalue weighted by Gasteiger charge is -2.14. The Labute approximate surface area is 266 Å². The van der Waals surface area contributed by atoms with Crippen molar-refractivity contribution in [3.8, 4) is 17.2 Å². The van der Waals surface area contributed by atoms with Gasteiger partial charge in [0, 0.05) is 6.21 Å². The summed E-state index contributed by atoms with van der Waals surface area (Å²) in [7, 11) is 0. The van der Waals surface area contributed by atoms with Crippen molar-refractivity contribution in [2.75, 3.05) is 6.61 Å². The molecule has 0 heterocycles. The summed E-state index contributed by atoms with van der Waals surface area (Å²) in [5.41, 5.74) is 2.26. The van der Waals surface area contributed by atoms with Gasteiger partial charge in [0.1, 0.15) is 17.2 Å². The van der Waals surface area contributed by atoms with Gasteiger partial charge in [-0.15, -0.1) is 0 Å². The number of carbonyl (C=O) groups excluding carboxylic acids is 1. The van der Waals surface area contributed by atoms with Crippen LogP contribution in [0.15, 0.2) is 77.8 Å². The lowest BCUT2D eigenvalue weighted by Crippen LogP contribution is -2.11. The van der Waals surface area contributed by atoms with Crippen LogP contribution in [0.5, 0.6) is 17.2 Å². The van der Waals surface area contributed by atoms with E-state index < -0.39 is 5.97 Å². The second kappa shape index (κ2) is 21.2. The summed E-state index contributed by atoms with van der Waals surface area (Å²) in [5, 5.41) is 0. The molecule has 0 saturated heterocycles. The third kappa shape index (κ3) is 14.2. The molecule has 0 aliphatic rings. The molecule has 0 aliphatic heterocycles. The van der Waals surface area contributed by atoms with Gasteiger partial charge in [0.05, 0.1) is 24.0 Å². The van der Waals surface area contributed by atoms with E-state index in [2.05, 4.69) is 25.8 Å². The van der Waals surface area contributed by atoms with Crippen molar-refractivity contribution in [3.05, 3.63) is 83.9 Å². The van der Waals surface area contributed by atoms with E-state index >= 15 is 0 Å². The van der Waals surface area contributed by atoms with Crippen molar-refractivity contribution in [2.45, 2.75) is 117 Å². The van der Waals surface area contributed by atoms with E-state index in [1.807, 2.05) is 48.5 Å². The van der Waals surface area contributed by atoms with Gasteiger partial charge in [-0.25, -0.2) is 4.79 Å². The van der Waals surface area contributed by atoms with Crippen LogP contribution < -0.4 is 14.2 Å². The van der Waals surface area contributed by atoms with Crippen molar-refractivity contribution < 1.29 is 19.0 Å². The molecule has 3 rings (SSSR count). The van der Waals surface area contributed by atoms with Crippen LogP contribution in [0.4, 0.5) is 5.69 Å². The molecule has 0 unspecified atom stereocenters. The maximum atomic E-state index is 12.6. The fourth-order valence-electron chi connectivity index (χ4n) is 4.99. The smallest absolute Gasteiger partial charge is 0.343 e. The van der Waals surface area contributed by atoms with Crippen LogP contribution in [0.1, 0.15) is 127 Å². The fourth-order valence-corrected chi connectivity index (χ4v) is 4.99. The van der Waals surface area contributed by atoms with Crippen molar-refractivity contribution >= 4 is 17.9 Å². The van der Waals surface area contributed by atoms with Crippen molar-refractivity contribution in [3.63, 3.8) is 0 Å². The van der Waals surface area contributed by atoms with E-state index in [1.54, 1.807) is 30.5 Å². The van der Waals surface area contributed by atoms with Crippen LogP contribution in [0.25, 0.3) is 0 Å². The first-order chi connectivity index (χ1) is 21.6. The first kappa shape index (κ1) is 34.9. The number of aliphatic imine (C=N–C) groups is 1. The zero-order valence-electron chi connectivity index (χ0n) is 27.3. The molecule has 0 aromatic heterocycles. The van der Waals surface area contributed by atoms with Crippen LogP contribution in [0.2, 0.25) is 0 Å². The monoisotopic (exact) mass is 599 g/mol. The summed E-state index contributed by atoms with van der Waals surface area (Å²) in [5.74, 6) is 1.74. The Morgan fingerprint density at radius 1 is 0.659 bits per heavy atom. The number of esters is 1. The molecule has 3 aromatic carbocycles. The van der Waals surface area contributed by atoms with Gasteiger partial charge < -0.3 is 14.2 Å². The van der Waals surface area contributed by atoms with Gasteiger partial charge in [-0.05, 0) is 105 Å². The quantitative estimate of drug-likeness (QED) is 0.0499. The second-order valence-electron chi connectivity index (χ2n) is 11.7. The Hall–Kier alpha value is -3.60. The molecule has 0 fully saturated rings. The summed E-state index contributed by atoms with van der Waals surface area (Å²) in [6.07, 6.45) is 19.7. The molecule has 238 valence electrons. The zero-order valence-corrected chi connectivity index (χ0v) is 27.3. The Kier molecular flexibility index (Phi) is 16.8. The number of ether oxygens (including phenoxy) is 3. The van der Waals surface area contributed by atoms with E-state index in [0.717, 1.165) is 35.6 Å². The summed E-state index contributed by atoms with van der Waals surface area (Å²) in [6, 6.07) is 22.3. The van der Waals surface area contributed by atoms with E-state index in [-0.39, 0.29) is 6.10 Å². The van der Waals surface area contributed by atoms with Gasteiger partial charge in [0.25, 0.3) is 0 Å². The number of benzene rings is 3. The number of unbranched alkanes of at least 4 members (excludes halogenated alkanes) is 11. The lowest BCUT2D eigenvalue weighted by atomic mass is 10.1. The van der Waals surface area contributed by atoms with Crippen LogP contribution in [-0.4, -0.2) is 24.9 Å². The van der Waals surface area contributed by atoms with E-state index in [1.165, 1.54) is 77.0 Å². The van der Waals surface area contributed by atoms with Crippen molar-refractivity contribution in [1.82, 2.24) is 0 Å². The van der Waals surface area contributed by atoms with Gasteiger partial charge in [0.15, 0.2) is 0 Å². The maximum absolute atomic E-state index is 12.6. The second-order valence-corrected chi connectivity index (χ2v) is 11.7. The van der Waals surface area contributed by atoms with E-state index in [0.29, 0.717) is 17.9 Å². The number of hydrogen-bond donors (Lipinski definition) is 0. The van der Waals surface area contributed by atoms with Crippen LogP contribution in [0.3, 0.4) is 0 Å². The Morgan fingerprint density at radius 3 is 1.84 bits per heavy atom. The normalized spacial score (nSPS) is 11.9. The van der Waals surface area contributed by atoms with Crippen LogP contribution >= 0.6 is 0 Å². The molecule has 0 amide bonds. The highest BCUT2D eigenvalue weighted by Crippen LogP contribution is 2.21. The first-order valence-electron chi connectivity index (χ1n) is 16.9. The van der Waals surface area contributed by atoms with Gasteiger partial charge in [-0.3, -0.25) is 4.99 Å². The number of rotatable bonds is 22. The molecule has 0 radical (unpaired) electrons. The Bertz CT molecular complexity index is 1200. The molecule has 0 bridgehead atoms. The molecule has 5 nitrogen and oxygen atoms in total. The lowest BCUT2D eigenvalue weighted by molar-refractivity contribution is 0.0734. The van der Waals surface area contributed by atoms with Crippen LogP contribution in [-0.2, 0) is 0 Å². The highest BCUT2D eigenvalue weighted by atomic mass is 16.5. The number of nitrogens with zero attached hydrogens (tertiary/aromatic N) is 1. The first-order valence-corrected chi connectivity index (χ1v) is 16.9. The fraction of sp³-hybridized carbons (Fsp3) is 0.487. The minimum Gasteiger partial charge on any atom is -0.494 e. The molecular weight excluding hydrogens is 546 g/mol. The van der Waals surface area contributed by atoms with E-state index in [9.17, 15) is 4.79 Å². The van der Waals surface area contributed by atoms with Gasteiger partial charge in [0.2, 0.25) is 0 Å². The third-order valence-corrected chi connectivity index (χ3v) is 7.70.